The number of ether oxygens (including phenoxy) is 1. The highest BCUT2D eigenvalue weighted by Crippen LogP contribution is 2.56. The molecular formula is C11H4ClF5N2OS5. The predicted octanol–water partition coefficient (Wildman–Crippen LogP) is 8.11. The Hall–Kier alpha value is -0.210. The van der Waals surface area contributed by atoms with Crippen molar-refractivity contribution in [1.82, 2.24) is 9.97 Å². The third-order valence-electron chi connectivity index (χ3n) is 2.63. The van der Waals surface area contributed by atoms with Crippen molar-refractivity contribution >= 4 is 72.3 Å². The lowest BCUT2D eigenvalue weighted by atomic mass is 10.3. The predicted molar refractivity (Wildman–Crippen MR) is 93.1 cm³/mol. The molecule has 0 amide bonds. The van der Waals surface area contributed by atoms with Gasteiger partial charge in [0.05, 0.1) is 75.4 Å². The van der Waals surface area contributed by atoms with Crippen molar-refractivity contribution in [1.29, 1.82) is 0 Å². The SMILES string of the molecule is Cc1cc(Oc2c(SF)c(SF)c(SF)c(SF)c2SF)nc(Cl)n1. The molecule has 0 N–H and O–H groups in total. The van der Waals surface area contributed by atoms with Gasteiger partial charge in [-0.25, -0.2) is 4.98 Å². The van der Waals surface area contributed by atoms with Gasteiger partial charge >= 0.3 is 0 Å². The minimum absolute atomic E-state index is 0.199. The van der Waals surface area contributed by atoms with Crippen LogP contribution in [0.3, 0.4) is 0 Å². The molecule has 2 rings (SSSR count). The second-order valence-corrected chi connectivity index (χ2v) is 7.23. The topological polar surface area (TPSA) is 35.0 Å². The summed E-state index contributed by atoms with van der Waals surface area (Å²) in [5.41, 5.74) is 0.384. The number of halogens is 6. The maximum atomic E-state index is 13.4. The Kier molecular flexibility index (Phi) is 8.14. The van der Waals surface area contributed by atoms with Gasteiger partial charge in [0, 0.05) is 11.8 Å². The minimum atomic E-state index is -0.593. The van der Waals surface area contributed by atoms with E-state index in [1.807, 2.05) is 0 Å². The molecule has 0 bridgehead atoms. The van der Waals surface area contributed by atoms with Crippen LogP contribution < -0.4 is 4.74 Å². The zero-order valence-electron chi connectivity index (χ0n) is 11.7. The van der Waals surface area contributed by atoms with Crippen LogP contribution in [-0.4, -0.2) is 9.97 Å². The number of aryl methyl sites for hydroxylation is 1. The van der Waals surface area contributed by atoms with Crippen LogP contribution in [0.4, 0.5) is 19.4 Å². The molecule has 0 atom stereocenters. The van der Waals surface area contributed by atoms with E-state index in [4.69, 9.17) is 16.3 Å². The minimum Gasteiger partial charge on any atom is -0.436 e. The first-order valence-electron chi connectivity index (χ1n) is 5.86. The third-order valence-corrected chi connectivity index (χ3v) is 6.09. The molecule has 3 nitrogen and oxygen atoms in total. The Bertz CT molecular complexity index is 734. The molecule has 0 radical (unpaired) electrons. The van der Waals surface area contributed by atoms with Crippen molar-refractivity contribution in [2.24, 2.45) is 0 Å². The van der Waals surface area contributed by atoms with Crippen LogP contribution in [0.1, 0.15) is 5.69 Å². The Labute approximate surface area is 166 Å². The first-order valence-corrected chi connectivity index (χ1v) is 9.82. The maximum Gasteiger partial charge on any atom is 0.225 e. The van der Waals surface area contributed by atoms with Crippen LogP contribution in [0, 0.1) is 6.92 Å². The normalized spacial score (nSPS) is 11.0. The van der Waals surface area contributed by atoms with Crippen molar-refractivity contribution in [3.05, 3.63) is 17.0 Å². The second-order valence-electron chi connectivity index (χ2n) is 4.08. The van der Waals surface area contributed by atoms with E-state index in [1.165, 1.54) is 6.07 Å². The van der Waals surface area contributed by atoms with Gasteiger partial charge in [0.1, 0.15) is 9.79 Å². The van der Waals surface area contributed by atoms with Crippen molar-refractivity contribution in [3.8, 4) is 11.6 Å². The van der Waals surface area contributed by atoms with Gasteiger partial charge in [-0.15, -0.1) is 0 Å². The molecule has 0 saturated heterocycles. The van der Waals surface area contributed by atoms with Crippen LogP contribution in [0.25, 0.3) is 0 Å². The average Bonchev–Trinajstić information content (AvgIpc) is 2.59. The van der Waals surface area contributed by atoms with Crippen LogP contribution >= 0.6 is 72.3 Å². The zero-order valence-corrected chi connectivity index (χ0v) is 16.5. The lowest BCUT2D eigenvalue weighted by Gasteiger charge is -2.17. The Morgan fingerprint density at radius 1 is 0.800 bits per heavy atom. The molecule has 0 spiro atoms. The summed E-state index contributed by atoms with van der Waals surface area (Å²) in [6.07, 6.45) is 0. The fourth-order valence-corrected chi connectivity index (χ4v) is 4.74. The van der Waals surface area contributed by atoms with E-state index in [1.54, 1.807) is 6.92 Å². The second kappa shape index (κ2) is 9.65. The standard InChI is InChI=1S/C11H4ClF5N2OS5/c1-3-2-4(19-11(12)18-3)20-5-6(21-13)8(23-15)10(25-17)9(24-16)7(5)22-14/h2H,1H3. The summed E-state index contributed by atoms with van der Waals surface area (Å²) >= 11 is 3.11. The molecule has 25 heavy (non-hydrogen) atoms. The summed E-state index contributed by atoms with van der Waals surface area (Å²) in [7, 11) is 0. The van der Waals surface area contributed by atoms with Gasteiger partial charge in [0.15, 0.2) is 5.75 Å². The summed E-state index contributed by atoms with van der Waals surface area (Å²) in [5, 5.41) is -0.199. The number of hydrogen-bond donors (Lipinski definition) is 0. The first kappa shape index (κ1) is 21.1. The first-order chi connectivity index (χ1) is 12.0. The van der Waals surface area contributed by atoms with Gasteiger partial charge in [0.2, 0.25) is 11.2 Å². The van der Waals surface area contributed by atoms with Gasteiger partial charge < -0.3 is 4.74 Å². The van der Waals surface area contributed by atoms with Gasteiger partial charge in [0.25, 0.3) is 0 Å². The summed E-state index contributed by atoms with van der Waals surface area (Å²) in [4.78, 5) is 4.65. The van der Waals surface area contributed by atoms with Crippen molar-refractivity contribution in [2.75, 3.05) is 0 Å². The molecule has 1 aromatic carbocycles. The molecule has 1 aromatic heterocycles. The third kappa shape index (κ3) is 4.56. The molecule has 0 aliphatic carbocycles. The molecule has 136 valence electrons. The van der Waals surface area contributed by atoms with E-state index in [-0.39, 0.29) is 11.2 Å². The Balaban J connectivity index is 2.73. The average molecular weight is 471 g/mol. The van der Waals surface area contributed by atoms with E-state index in [9.17, 15) is 19.4 Å². The van der Waals surface area contributed by atoms with Crippen molar-refractivity contribution in [3.63, 3.8) is 0 Å². The fourth-order valence-electron chi connectivity index (χ4n) is 1.72. The van der Waals surface area contributed by atoms with Crippen LogP contribution in [0.2, 0.25) is 5.28 Å². The smallest absolute Gasteiger partial charge is 0.225 e. The van der Waals surface area contributed by atoms with Gasteiger partial charge in [-0.3, -0.25) is 0 Å². The number of hydrogen-bond acceptors (Lipinski definition) is 8. The molecule has 0 aliphatic rings. The van der Waals surface area contributed by atoms with Gasteiger partial charge in [-0.05, 0) is 18.5 Å². The van der Waals surface area contributed by atoms with Crippen LogP contribution in [-0.2, 0) is 0 Å². The van der Waals surface area contributed by atoms with Crippen molar-refractivity contribution in [2.45, 2.75) is 31.4 Å². The highest BCUT2D eigenvalue weighted by Gasteiger charge is 2.30. The molecule has 0 saturated carbocycles. The summed E-state index contributed by atoms with van der Waals surface area (Å²) in [6, 6.07) is 1.30. The number of aromatic nitrogens is 2. The molecule has 0 unspecified atom stereocenters. The molecule has 0 aliphatic heterocycles. The van der Waals surface area contributed by atoms with E-state index < -0.39 is 91.0 Å². The zero-order chi connectivity index (χ0) is 18.6. The molecule has 14 heteroatoms. The summed E-state index contributed by atoms with van der Waals surface area (Å²) < 4.78 is 71.7. The van der Waals surface area contributed by atoms with Crippen LogP contribution in [0.15, 0.2) is 30.5 Å². The Morgan fingerprint density at radius 3 is 1.64 bits per heavy atom. The van der Waals surface area contributed by atoms with E-state index >= 15 is 0 Å². The fraction of sp³-hybridized carbons (Fsp3) is 0.0909. The lowest BCUT2D eigenvalue weighted by molar-refractivity contribution is 0.429. The monoisotopic (exact) mass is 470 g/mol. The quantitative estimate of drug-likeness (QED) is 0.296. The van der Waals surface area contributed by atoms with Gasteiger partial charge in [-0.1, -0.05) is 0 Å². The largest absolute Gasteiger partial charge is 0.436 e. The molecule has 0 fully saturated rings. The summed E-state index contributed by atoms with van der Waals surface area (Å²) in [5.74, 6) is -0.749. The van der Waals surface area contributed by atoms with E-state index in [2.05, 4.69) is 9.97 Å². The highest BCUT2D eigenvalue weighted by molar-refractivity contribution is 8.00. The summed E-state index contributed by atoms with van der Waals surface area (Å²) in [6.45, 7) is 1.56. The molecule has 2 aromatic rings. The van der Waals surface area contributed by atoms with Gasteiger partial charge in [-0.2, -0.15) is 24.4 Å². The Morgan fingerprint density at radius 2 is 1.24 bits per heavy atom. The lowest BCUT2D eigenvalue weighted by Crippen LogP contribution is -1.98. The number of rotatable bonds is 7. The van der Waals surface area contributed by atoms with E-state index in [0.717, 1.165) is 0 Å². The van der Waals surface area contributed by atoms with Crippen LogP contribution in [0.5, 0.6) is 11.6 Å². The number of benzene rings is 1. The van der Waals surface area contributed by atoms with Crippen molar-refractivity contribution < 1.29 is 24.2 Å². The molecular weight excluding hydrogens is 467 g/mol. The highest BCUT2D eigenvalue weighted by atomic mass is 35.5. The maximum absolute atomic E-state index is 13.4. The molecule has 1 heterocycles. The number of nitrogens with zero attached hydrogens (tertiary/aromatic N) is 2. The van der Waals surface area contributed by atoms with E-state index in [0.29, 0.717) is 5.69 Å².